The molecule has 2 rings (SSSR count). The summed E-state index contributed by atoms with van der Waals surface area (Å²) in [5, 5.41) is 19.2. The van der Waals surface area contributed by atoms with Crippen molar-refractivity contribution < 1.29 is 5.11 Å². The van der Waals surface area contributed by atoms with Gasteiger partial charge in [0.2, 0.25) is 0 Å². The Morgan fingerprint density at radius 2 is 1.90 bits per heavy atom. The van der Waals surface area contributed by atoms with Crippen molar-refractivity contribution in [3.05, 3.63) is 46.8 Å². The van der Waals surface area contributed by atoms with Gasteiger partial charge in [0.05, 0.1) is 16.9 Å². The minimum absolute atomic E-state index is 0.218. The number of phenolic OH excluding ortho intramolecular Hbond substituents is 1. The van der Waals surface area contributed by atoms with Crippen molar-refractivity contribution in [2.24, 2.45) is 0 Å². The summed E-state index contributed by atoms with van der Waals surface area (Å²) in [5.41, 5.74) is 4.95. The van der Waals surface area contributed by atoms with Gasteiger partial charge < -0.3 is 10.0 Å². The average Bonchev–Trinajstić information content (AvgIpc) is 2.43. The monoisotopic (exact) mass is 281 g/mol. The van der Waals surface area contributed by atoms with Gasteiger partial charge in [-0.25, -0.2) is 0 Å². The molecule has 2 aromatic rings. The molecule has 21 heavy (non-hydrogen) atoms. The lowest BCUT2D eigenvalue weighted by molar-refractivity contribution is 0.475. The molecule has 108 valence electrons. The minimum atomic E-state index is 0.218. The van der Waals surface area contributed by atoms with E-state index in [0.29, 0.717) is 12.1 Å². The largest absolute Gasteiger partial charge is 0.508 e. The molecule has 1 aromatic heterocycles. The second-order valence-electron chi connectivity index (χ2n) is 5.07. The number of rotatable bonds is 3. The second-order valence-corrected chi connectivity index (χ2v) is 5.07. The summed E-state index contributed by atoms with van der Waals surface area (Å²) in [6.07, 6.45) is 0. The van der Waals surface area contributed by atoms with E-state index in [1.807, 2.05) is 44.7 Å². The van der Waals surface area contributed by atoms with E-state index < -0.39 is 0 Å². The number of anilines is 2. The van der Waals surface area contributed by atoms with Gasteiger partial charge in [-0.05, 0) is 45.4 Å². The lowest BCUT2D eigenvalue weighted by Gasteiger charge is -2.27. The Bertz CT molecular complexity index is 717. The average molecular weight is 281 g/mol. The van der Waals surface area contributed by atoms with Crippen molar-refractivity contribution >= 4 is 11.4 Å². The number of benzene rings is 1. The van der Waals surface area contributed by atoms with Gasteiger partial charge in [0.1, 0.15) is 11.8 Å². The van der Waals surface area contributed by atoms with Crippen LogP contribution < -0.4 is 4.90 Å². The van der Waals surface area contributed by atoms with Crippen LogP contribution in [0.4, 0.5) is 11.4 Å². The number of hydrogen-bond acceptors (Lipinski definition) is 4. The molecule has 0 aliphatic carbocycles. The first-order valence-corrected chi connectivity index (χ1v) is 6.93. The van der Waals surface area contributed by atoms with Crippen molar-refractivity contribution in [1.82, 2.24) is 4.98 Å². The topological polar surface area (TPSA) is 60.1 Å². The number of aryl methyl sites for hydroxylation is 3. The molecule has 1 aromatic carbocycles. The third-order valence-electron chi connectivity index (χ3n) is 3.51. The Hall–Kier alpha value is -2.54. The minimum Gasteiger partial charge on any atom is -0.508 e. The summed E-state index contributed by atoms with van der Waals surface area (Å²) in [5.74, 6) is 0.218. The van der Waals surface area contributed by atoms with Gasteiger partial charge in [0.15, 0.2) is 0 Å². The summed E-state index contributed by atoms with van der Waals surface area (Å²) in [4.78, 5) is 6.39. The van der Waals surface area contributed by atoms with Gasteiger partial charge in [-0.1, -0.05) is 6.07 Å². The molecule has 0 aliphatic rings. The zero-order valence-electron chi connectivity index (χ0n) is 12.8. The maximum Gasteiger partial charge on any atom is 0.117 e. The molecule has 4 heteroatoms. The van der Waals surface area contributed by atoms with Gasteiger partial charge in [0, 0.05) is 24.0 Å². The van der Waals surface area contributed by atoms with Crippen LogP contribution in [0, 0.1) is 32.1 Å². The first-order valence-electron chi connectivity index (χ1n) is 6.93. The number of hydrogen-bond donors (Lipinski definition) is 1. The van der Waals surface area contributed by atoms with Crippen LogP contribution in [0.3, 0.4) is 0 Å². The van der Waals surface area contributed by atoms with E-state index in [1.54, 1.807) is 12.1 Å². The fraction of sp³-hybridized carbons (Fsp3) is 0.294. The Balaban J connectivity index is 2.67. The molecule has 1 heterocycles. The lowest BCUT2D eigenvalue weighted by atomic mass is 10.1. The van der Waals surface area contributed by atoms with Crippen LogP contribution in [-0.2, 0) is 0 Å². The van der Waals surface area contributed by atoms with Crippen molar-refractivity contribution in [2.45, 2.75) is 27.7 Å². The quantitative estimate of drug-likeness (QED) is 0.931. The predicted octanol–water partition coefficient (Wildman–Crippen LogP) is 3.74. The highest BCUT2D eigenvalue weighted by molar-refractivity contribution is 5.73. The molecule has 0 fully saturated rings. The second kappa shape index (κ2) is 5.84. The SMILES string of the molecule is CCN(c1cc(O)ccc1C)c1cc(C)nc(C)c1C#N. The maximum absolute atomic E-state index is 9.76. The summed E-state index contributed by atoms with van der Waals surface area (Å²) in [6.45, 7) is 8.47. The molecule has 0 amide bonds. The zero-order chi connectivity index (χ0) is 15.6. The van der Waals surface area contributed by atoms with E-state index in [0.717, 1.165) is 28.3 Å². The summed E-state index contributed by atoms with van der Waals surface area (Å²) in [6, 6.07) is 9.43. The van der Waals surface area contributed by atoms with E-state index in [1.165, 1.54) is 0 Å². The zero-order valence-corrected chi connectivity index (χ0v) is 12.8. The molecule has 0 saturated heterocycles. The van der Waals surface area contributed by atoms with Gasteiger partial charge in [0.25, 0.3) is 0 Å². The molecule has 0 atom stereocenters. The van der Waals surface area contributed by atoms with Crippen LogP contribution in [0.2, 0.25) is 0 Å². The molecular formula is C17H19N3O. The first-order chi connectivity index (χ1) is 9.97. The van der Waals surface area contributed by atoms with Crippen LogP contribution in [0.1, 0.15) is 29.4 Å². The Kier molecular flexibility index (Phi) is 4.13. The van der Waals surface area contributed by atoms with E-state index in [2.05, 4.69) is 11.1 Å². The summed E-state index contributed by atoms with van der Waals surface area (Å²) < 4.78 is 0. The molecule has 0 unspecified atom stereocenters. The number of phenols is 1. The highest BCUT2D eigenvalue weighted by atomic mass is 16.3. The van der Waals surface area contributed by atoms with E-state index >= 15 is 0 Å². The molecular weight excluding hydrogens is 262 g/mol. The van der Waals surface area contributed by atoms with Crippen molar-refractivity contribution in [1.29, 1.82) is 5.26 Å². The third-order valence-corrected chi connectivity index (χ3v) is 3.51. The molecule has 1 N–H and O–H groups in total. The summed E-state index contributed by atoms with van der Waals surface area (Å²) in [7, 11) is 0. The number of aromatic nitrogens is 1. The number of aromatic hydroxyl groups is 1. The van der Waals surface area contributed by atoms with Gasteiger partial charge >= 0.3 is 0 Å². The Morgan fingerprint density at radius 3 is 2.52 bits per heavy atom. The normalized spacial score (nSPS) is 10.2. The van der Waals surface area contributed by atoms with E-state index in [-0.39, 0.29) is 5.75 Å². The number of pyridine rings is 1. The van der Waals surface area contributed by atoms with Gasteiger partial charge in [-0.3, -0.25) is 4.98 Å². The molecule has 0 aliphatic heterocycles. The van der Waals surface area contributed by atoms with Gasteiger partial charge in [-0.2, -0.15) is 5.26 Å². The highest BCUT2D eigenvalue weighted by Gasteiger charge is 2.17. The molecule has 0 radical (unpaired) electrons. The van der Waals surface area contributed by atoms with Crippen molar-refractivity contribution in [3.8, 4) is 11.8 Å². The van der Waals surface area contributed by atoms with E-state index in [9.17, 15) is 10.4 Å². The predicted molar refractivity (Wildman–Crippen MR) is 83.9 cm³/mol. The van der Waals surface area contributed by atoms with Crippen molar-refractivity contribution in [2.75, 3.05) is 11.4 Å². The first kappa shape index (κ1) is 14.9. The number of nitriles is 1. The van der Waals surface area contributed by atoms with E-state index in [4.69, 9.17) is 0 Å². The smallest absolute Gasteiger partial charge is 0.117 e. The molecule has 0 bridgehead atoms. The number of nitrogens with zero attached hydrogens (tertiary/aromatic N) is 3. The fourth-order valence-corrected chi connectivity index (χ4v) is 2.52. The fourth-order valence-electron chi connectivity index (χ4n) is 2.52. The molecule has 0 saturated carbocycles. The van der Waals surface area contributed by atoms with Crippen LogP contribution in [0.15, 0.2) is 24.3 Å². The lowest BCUT2D eigenvalue weighted by Crippen LogP contribution is -2.19. The molecule has 4 nitrogen and oxygen atoms in total. The summed E-state index contributed by atoms with van der Waals surface area (Å²) >= 11 is 0. The van der Waals surface area contributed by atoms with Crippen molar-refractivity contribution in [3.63, 3.8) is 0 Å². The van der Waals surface area contributed by atoms with Crippen LogP contribution in [0.25, 0.3) is 0 Å². The highest BCUT2D eigenvalue weighted by Crippen LogP contribution is 2.34. The molecule has 0 spiro atoms. The van der Waals surface area contributed by atoms with Crippen LogP contribution in [-0.4, -0.2) is 16.6 Å². The van der Waals surface area contributed by atoms with Crippen LogP contribution in [0.5, 0.6) is 5.75 Å². The van der Waals surface area contributed by atoms with Crippen LogP contribution >= 0.6 is 0 Å². The van der Waals surface area contributed by atoms with Gasteiger partial charge in [-0.15, -0.1) is 0 Å². The maximum atomic E-state index is 9.76. The third kappa shape index (κ3) is 2.82. The Labute approximate surface area is 125 Å². The standard InChI is InChI=1S/C17H19N3O/c1-5-20(16-9-14(21)7-6-11(16)2)17-8-12(3)19-13(4)15(17)10-18/h6-9,21H,5H2,1-4H3. The Morgan fingerprint density at radius 1 is 1.19 bits per heavy atom.